The fourth-order valence-corrected chi connectivity index (χ4v) is 3.20. The van der Waals surface area contributed by atoms with Crippen molar-refractivity contribution in [1.82, 2.24) is 4.90 Å². The molecule has 148 valence electrons. The number of fused-ring (bicyclic) bond motifs is 1. The Kier molecular flexibility index (Phi) is 5.97. The van der Waals surface area contributed by atoms with E-state index in [0.717, 1.165) is 12.0 Å². The van der Waals surface area contributed by atoms with Crippen LogP contribution in [0.25, 0.3) is 0 Å². The van der Waals surface area contributed by atoms with Crippen LogP contribution in [0.15, 0.2) is 42.5 Å². The zero-order chi connectivity index (χ0) is 20.3. The minimum atomic E-state index is -0.505. The molecule has 6 heteroatoms. The summed E-state index contributed by atoms with van der Waals surface area (Å²) in [6.45, 7) is 6.43. The lowest BCUT2D eigenvalue weighted by Gasteiger charge is -2.28. The Morgan fingerprint density at radius 2 is 1.96 bits per heavy atom. The van der Waals surface area contributed by atoms with Gasteiger partial charge in [0.05, 0.1) is 0 Å². The maximum absolute atomic E-state index is 13.0. The van der Waals surface area contributed by atoms with Crippen LogP contribution in [0.3, 0.4) is 0 Å². The highest BCUT2D eigenvalue weighted by Crippen LogP contribution is 2.30. The van der Waals surface area contributed by atoms with Crippen LogP contribution in [0.4, 0.5) is 10.1 Å². The van der Waals surface area contributed by atoms with E-state index in [2.05, 4.69) is 5.32 Å². The molecular weight excluding hydrogens is 359 g/mol. The molecule has 0 aliphatic carbocycles. The van der Waals surface area contributed by atoms with Gasteiger partial charge in [0.1, 0.15) is 11.6 Å². The molecule has 2 amide bonds. The van der Waals surface area contributed by atoms with Crippen molar-refractivity contribution in [1.29, 1.82) is 0 Å². The van der Waals surface area contributed by atoms with Crippen LogP contribution in [-0.4, -0.2) is 28.9 Å². The summed E-state index contributed by atoms with van der Waals surface area (Å²) in [7, 11) is 0. The smallest absolute Gasteiger partial charge is 0.264 e. The Bertz CT molecular complexity index is 867. The maximum Gasteiger partial charge on any atom is 0.264 e. The highest BCUT2D eigenvalue weighted by atomic mass is 19.1. The van der Waals surface area contributed by atoms with Gasteiger partial charge in [0.2, 0.25) is 0 Å². The lowest BCUT2D eigenvalue weighted by atomic mass is 10.1. The molecule has 0 fully saturated rings. The minimum Gasteiger partial charge on any atom is -0.480 e. The average molecular weight is 384 g/mol. The molecule has 2 unspecified atom stereocenters. The molecule has 0 radical (unpaired) electrons. The van der Waals surface area contributed by atoms with E-state index >= 15 is 0 Å². The highest BCUT2D eigenvalue weighted by molar-refractivity contribution is 6.04. The zero-order valence-corrected chi connectivity index (χ0v) is 16.4. The third-order valence-electron chi connectivity index (χ3n) is 5.09. The first-order chi connectivity index (χ1) is 13.4. The number of rotatable bonds is 5. The molecule has 0 saturated heterocycles. The first-order valence-corrected chi connectivity index (χ1v) is 9.59. The molecule has 1 aliphatic rings. The molecule has 3 rings (SSSR count). The first-order valence-electron chi connectivity index (χ1n) is 9.59. The van der Waals surface area contributed by atoms with Crippen molar-refractivity contribution in [3.63, 3.8) is 0 Å². The number of hydrogen-bond donors (Lipinski definition) is 1. The second kappa shape index (κ2) is 8.42. The lowest BCUT2D eigenvalue weighted by Crippen LogP contribution is -2.43. The predicted octanol–water partition coefficient (Wildman–Crippen LogP) is 4.38. The van der Waals surface area contributed by atoms with Crippen LogP contribution < -0.4 is 10.1 Å². The topological polar surface area (TPSA) is 58.6 Å². The molecule has 1 aliphatic heterocycles. The Morgan fingerprint density at radius 3 is 2.61 bits per heavy atom. The normalized spacial score (nSPS) is 17.4. The molecule has 0 saturated carbocycles. The van der Waals surface area contributed by atoms with Crippen LogP contribution in [0, 0.1) is 5.82 Å². The average Bonchev–Trinajstić information content (AvgIpc) is 2.84. The minimum absolute atomic E-state index is 0.00931. The molecule has 2 atom stereocenters. The quantitative estimate of drug-likeness (QED) is 0.832. The summed E-state index contributed by atoms with van der Waals surface area (Å²) < 4.78 is 19.0. The van der Waals surface area contributed by atoms with Gasteiger partial charge in [0.25, 0.3) is 11.8 Å². The van der Waals surface area contributed by atoms with E-state index in [9.17, 15) is 14.0 Å². The summed E-state index contributed by atoms with van der Waals surface area (Å²) in [5.74, 6) is -0.0643. The molecule has 28 heavy (non-hydrogen) atoms. The molecule has 0 aromatic heterocycles. The third-order valence-corrected chi connectivity index (χ3v) is 5.09. The predicted molar refractivity (Wildman–Crippen MR) is 106 cm³/mol. The number of ether oxygens (including phenoxy) is 1. The van der Waals surface area contributed by atoms with Crippen LogP contribution in [0.5, 0.6) is 5.75 Å². The number of hydrogen-bond acceptors (Lipinski definition) is 3. The van der Waals surface area contributed by atoms with E-state index in [1.807, 2.05) is 31.7 Å². The standard InChI is InChI=1S/C22H25FN2O3/c1-4-14(3)25-13-16-12-18(10-11-20(16)28-19(5-2)22(25)27)24-21(26)15-6-8-17(23)9-7-15/h6-12,14,19H,4-5,13H2,1-3H3,(H,24,26). The Morgan fingerprint density at radius 1 is 1.25 bits per heavy atom. The van der Waals surface area contributed by atoms with Crippen molar-refractivity contribution >= 4 is 17.5 Å². The van der Waals surface area contributed by atoms with Crippen molar-refractivity contribution in [2.75, 3.05) is 5.32 Å². The van der Waals surface area contributed by atoms with Gasteiger partial charge >= 0.3 is 0 Å². The molecular formula is C22H25FN2O3. The summed E-state index contributed by atoms with van der Waals surface area (Å²) in [5, 5.41) is 2.82. The van der Waals surface area contributed by atoms with Crippen LogP contribution in [0.1, 0.15) is 49.5 Å². The summed E-state index contributed by atoms with van der Waals surface area (Å²) >= 11 is 0. The van der Waals surface area contributed by atoms with Gasteiger partial charge in [-0.25, -0.2) is 4.39 Å². The van der Waals surface area contributed by atoms with Crippen molar-refractivity contribution in [2.45, 2.75) is 52.3 Å². The van der Waals surface area contributed by atoms with Gasteiger partial charge in [-0.15, -0.1) is 0 Å². The number of nitrogens with zero attached hydrogens (tertiary/aromatic N) is 1. The van der Waals surface area contributed by atoms with E-state index in [0.29, 0.717) is 30.0 Å². The van der Waals surface area contributed by atoms with Gasteiger partial charge < -0.3 is 15.0 Å². The Balaban J connectivity index is 1.86. The van der Waals surface area contributed by atoms with Crippen molar-refractivity contribution in [2.24, 2.45) is 0 Å². The molecule has 0 spiro atoms. The van der Waals surface area contributed by atoms with Crippen LogP contribution >= 0.6 is 0 Å². The highest BCUT2D eigenvalue weighted by Gasteiger charge is 2.32. The van der Waals surface area contributed by atoms with E-state index in [1.54, 1.807) is 12.1 Å². The third kappa shape index (κ3) is 4.16. The number of carbonyl (C=O) groups excluding carboxylic acids is 2. The monoisotopic (exact) mass is 384 g/mol. The summed E-state index contributed by atoms with van der Waals surface area (Å²) in [4.78, 5) is 27.1. The molecule has 0 bridgehead atoms. The summed E-state index contributed by atoms with van der Waals surface area (Å²) in [5.41, 5.74) is 1.82. The first kappa shape index (κ1) is 19.9. The molecule has 2 aromatic rings. The molecule has 2 aromatic carbocycles. The van der Waals surface area contributed by atoms with Crippen LogP contribution in [-0.2, 0) is 11.3 Å². The summed E-state index contributed by atoms with van der Waals surface area (Å²) in [6.07, 6.45) is 0.933. The largest absolute Gasteiger partial charge is 0.480 e. The van der Waals surface area contributed by atoms with E-state index in [1.165, 1.54) is 24.3 Å². The fraction of sp³-hybridized carbons (Fsp3) is 0.364. The maximum atomic E-state index is 13.0. The molecule has 1 N–H and O–H groups in total. The number of benzene rings is 2. The van der Waals surface area contributed by atoms with Gasteiger partial charge in [-0.2, -0.15) is 0 Å². The van der Waals surface area contributed by atoms with Gasteiger partial charge in [0, 0.05) is 29.4 Å². The van der Waals surface area contributed by atoms with Gasteiger partial charge in [-0.05, 0) is 62.2 Å². The second-order valence-electron chi connectivity index (χ2n) is 7.02. The lowest BCUT2D eigenvalue weighted by molar-refractivity contribution is -0.140. The Labute approximate surface area is 164 Å². The number of carbonyl (C=O) groups is 2. The molecule has 1 heterocycles. The number of amides is 2. The van der Waals surface area contributed by atoms with E-state index in [4.69, 9.17) is 4.74 Å². The number of anilines is 1. The van der Waals surface area contributed by atoms with Crippen molar-refractivity contribution in [3.05, 3.63) is 59.4 Å². The molecule has 5 nitrogen and oxygen atoms in total. The van der Waals surface area contributed by atoms with Crippen molar-refractivity contribution in [3.8, 4) is 5.75 Å². The second-order valence-corrected chi connectivity index (χ2v) is 7.02. The van der Waals surface area contributed by atoms with Gasteiger partial charge in [-0.1, -0.05) is 13.8 Å². The van der Waals surface area contributed by atoms with E-state index < -0.39 is 6.10 Å². The van der Waals surface area contributed by atoms with Gasteiger partial charge in [-0.3, -0.25) is 9.59 Å². The number of nitrogens with one attached hydrogen (secondary N) is 1. The summed E-state index contributed by atoms with van der Waals surface area (Å²) in [6, 6.07) is 10.8. The SMILES string of the molecule is CCC1Oc2ccc(NC(=O)c3ccc(F)cc3)cc2CN(C(C)CC)C1=O. The van der Waals surface area contributed by atoms with E-state index in [-0.39, 0.29) is 23.7 Å². The number of halogens is 1. The zero-order valence-electron chi connectivity index (χ0n) is 16.4. The van der Waals surface area contributed by atoms with Gasteiger partial charge in [0.15, 0.2) is 6.10 Å². The van der Waals surface area contributed by atoms with Crippen LogP contribution in [0.2, 0.25) is 0 Å². The Hall–Kier alpha value is -2.89. The van der Waals surface area contributed by atoms with Crippen molar-refractivity contribution < 1.29 is 18.7 Å². The fourth-order valence-electron chi connectivity index (χ4n) is 3.20.